The van der Waals surface area contributed by atoms with Crippen molar-refractivity contribution in [3.8, 4) is 0 Å². The van der Waals surface area contributed by atoms with Gasteiger partial charge in [0, 0.05) is 24.7 Å². The Kier molecular flexibility index (Phi) is 2.61. The summed E-state index contributed by atoms with van der Waals surface area (Å²) in [5.74, 6) is 0. The summed E-state index contributed by atoms with van der Waals surface area (Å²) in [7, 11) is 0. The fourth-order valence-electron chi connectivity index (χ4n) is 2.72. The number of nitrogens with zero attached hydrogens (tertiary/aromatic N) is 2. The summed E-state index contributed by atoms with van der Waals surface area (Å²) in [6.45, 7) is 11.0. The zero-order valence-electron chi connectivity index (χ0n) is 9.16. The maximum atomic E-state index is 2.65. The third kappa shape index (κ3) is 1.75. The minimum atomic E-state index is 0.723. The summed E-state index contributed by atoms with van der Waals surface area (Å²) in [6, 6.07) is 2.39. The minimum Gasteiger partial charge on any atom is -0.299 e. The van der Waals surface area contributed by atoms with Crippen LogP contribution in [-0.4, -0.2) is 47.6 Å². The Balaban J connectivity index is 1.90. The predicted molar refractivity (Wildman–Crippen MR) is 55.9 cm³/mol. The van der Waals surface area contributed by atoms with Gasteiger partial charge in [0.15, 0.2) is 0 Å². The average Bonchev–Trinajstić information content (AvgIpc) is 2.27. The highest BCUT2D eigenvalue weighted by Gasteiger charge is 2.35. The molecule has 0 aromatic rings. The second kappa shape index (κ2) is 3.58. The highest BCUT2D eigenvalue weighted by Crippen LogP contribution is 2.26. The van der Waals surface area contributed by atoms with Crippen molar-refractivity contribution in [3.63, 3.8) is 0 Å². The molecule has 0 aromatic carbocycles. The zero-order chi connectivity index (χ0) is 9.42. The van der Waals surface area contributed by atoms with Crippen LogP contribution in [-0.2, 0) is 0 Å². The van der Waals surface area contributed by atoms with E-state index in [1.54, 1.807) is 0 Å². The fraction of sp³-hybridized carbons (Fsp3) is 1.00. The van der Waals surface area contributed by atoms with E-state index in [1.807, 2.05) is 0 Å². The number of rotatable bonds is 2. The van der Waals surface area contributed by atoms with Gasteiger partial charge in [-0.05, 0) is 46.7 Å². The molecule has 2 nitrogen and oxygen atoms in total. The van der Waals surface area contributed by atoms with E-state index >= 15 is 0 Å². The molecule has 1 unspecified atom stereocenters. The van der Waals surface area contributed by atoms with Gasteiger partial charge in [-0.15, -0.1) is 0 Å². The molecule has 2 saturated heterocycles. The Hall–Kier alpha value is -0.0800. The standard InChI is InChI=1S/C11H22N2/c1-9(2)13-8-11(7-10(13)3)12-5-4-6-12/h9-11H,4-8H2,1-3H3/t10?,11-/m1/s1. The summed E-state index contributed by atoms with van der Waals surface area (Å²) < 4.78 is 0. The van der Waals surface area contributed by atoms with Crippen molar-refractivity contribution >= 4 is 0 Å². The monoisotopic (exact) mass is 182 g/mol. The lowest BCUT2D eigenvalue weighted by molar-refractivity contribution is 0.116. The maximum absolute atomic E-state index is 2.65. The lowest BCUT2D eigenvalue weighted by Gasteiger charge is -2.36. The van der Waals surface area contributed by atoms with Crippen LogP contribution in [0.25, 0.3) is 0 Å². The van der Waals surface area contributed by atoms with E-state index < -0.39 is 0 Å². The van der Waals surface area contributed by atoms with Crippen LogP contribution in [0.3, 0.4) is 0 Å². The molecule has 2 aliphatic rings. The van der Waals surface area contributed by atoms with Crippen molar-refractivity contribution in [2.75, 3.05) is 19.6 Å². The summed E-state index contributed by atoms with van der Waals surface area (Å²) in [5, 5.41) is 0. The molecule has 76 valence electrons. The van der Waals surface area contributed by atoms with Gasteiger partial charge in [0.25, 0.3) is 0 Å². The predicted octanol–water partition coefficient (Wildman–Crippen LogP) is 1.56. The van der Waals surface area contributed by atoms with Gasteiger partial charge in [0.2, 0.25) is 0 Å². The molecule has 2 atom stereocenters. The Morgan fingerprint density at radius 2 is 1.92 bits per heavy atom. The topological polar surface area (TPSA) is 6.48 Å². The summed E-state index contributed by atoms with van der Waals surface area (Å²) in [6.07, 6.45) is 2.81. The van der Waals surface area contributed by atoms with Crippen LogP contribution in [0.1, 0.15) is 33.6 Å². The first-order valence-corrected chi connectivity index (χ1v) is 5.68. The van der Waals surface area contributed by atoms with Gasteiger partial charge in [-0.1, -0.05) is 0 Å². The van der Waals surface area contributed by atoms with Gasteiger partial charge >= 0.3 is 0 Å². The molecule has 2 fully saturated rings. The molecule has 0 saturated carbocycles. The van der Waals surface area contributed by atoms with Crippen LogP contribution >= 0.6 is 0 Å². The Morgan fingerprint density at radius 1 is 1.23 bits per heavy atom. The van der Waals surface area contributed by atoms with E-state index in [1.165, 1.54) is 32.5 Å². The van der Waals surface area contributed by atoms with Gasteiger partial charge in [-0.2, -0.15) is 0 Å². The molecule has 0 aromatic heterocycles. The molecule has 13 heavy (non-hydrogen) atoms. The Bertz CT molecular complexity index is 175. The summed E-state index contributed by atoms with van der Waals surface area (Å²) in [5.41, 5.74) is 0. The van der Waals surface area contributed by atoms with Gasteiger partial charge in [-0.25, -0.2) is 0 Å². The van der Waals surface area contributed by atoms with E-state index in [2.05, 4.69) is 30.6 Å². The molecule has 2 heteroatoms. The van der Waals surface area contributed by atoms with Crippen LogP contribution in [0.15, 0.2) is 0 Å². The number of hydrogen-bond acceptors (Lipinski definition) is 2. The van der Waals surface area contributed by atoms with Crippen molar-refractivity contribution in [3.05, 3.63) is 0 Å². The Morgan fingerprint density at radius 3 is 2.31 bits per heavy atom. The van der Waals surface area contributed by atoms with Crippen molar-refractivity contribution in [2.24, 2.45) is 0 Å². The van der Waals surface area contributed by atoms with Crippen LogP contribution in [0.5, 0.6) is 0 Å². The molecular formula is C11H22N2. The molecule has 0 N–H and O–H groups in total. The normalized spacial score (nSPS) is 36.9. The second-order valence-electron chi connectivity index (χ2n) is 4.92. The first kappa shape index (κ1) is 9.47. The largest absolute Gasteiger partial charge is 0.299 e. The van der Waals surface area contributed by atoms with E-state index in [9.17, 15) is 0 Å². The molecule has 0 bridgehead atoms. The van der Waals surface area contributed by atoms with Gasteiger partial charge < -0.3 is 0 Å². The summed E-state index contributed by atoms with van der Waals surface area (Å²) in [4.78, 5) is 5.29. The van der Waals surface area contributed by atoms with Gasteiger partial charge in [0.05, 0.1) is 0 Å². The fourth-order valence-corrected chi connectivity index (χ4v) is 2.72. The van der Waals surface area contributed by atoms with E-state index in [0.717, 1.165) is 18.1 Å². The molecular weight excluding hydrogens is 160 g/mol. The number of likely N-dealkylation sites (tertiary alicyclic amines) is 2. The maximum Gasteiger partial charge on any atom is 0.0238 e. The first-order chi connectivity index (χ1) is 6.18. The van der Waals surface area contributed by atoms with Crippen molar-refractivity contribution < 1.29 is 0 Å². The third-order valence-corrected chi connectivity index (χ3v) is 3.67. The SMILES string of the molecule is CC(C)N1C[C@H](N2CCC2)CC1C. The lowest BCUT2D eigenvalue weighted by Crippen LogP contribution is -2.46. The lowest BCUT2D eigenvalue weighted by atomic mass is 10.1. The average molecular weight is 182 g/mol. The third-order valence-electron chi connectivity index (χ3n) is 3.67. The summed E-state index contributed by atoms with van der Waals surface area (Å²) >= 11 is 0. The van der Waals surface area contributed by atoms with Gasteiger partial charge in [0.1, 0.15) is 0 Å². The molecule has 2 heterocycles. The molecule has 0 amide bonds. The molecule has 0 aliphatic carbocycles. The van der Waals surface area contributed by atoms with E-state index in [0.29, 0.717) is 0 Å². The highest BCUT2D eigenvalue weighted by atomic mass is 15.3. The second-order valence-corrected chi connectivity index (χ2v) is 4.92. The van der Waals surface area contributed by atoms with Crippen molar-refractivity contribution in [2.45, 2.75) is 51.7 Å². The molecule has 0 radical (unpaired) electrons. The Labute approximate surface area is 81.9 Å². The quantitative estimate of drug-likeness (QED) is 0.639. The molecule has 2 rings (SSSR count). The van der Waals surface area contributed by atoms with Crippen molar-refractivity contribution in [1.29, 1.82) is 0 Å². The minimum absolute atomic E-state index is 0.723. The van der Waals surface area contributed by atoms with E-state index in [-0.39, 0.29) is 0 Å². The molecule has 2 aliphatic heterocycles. The van der Waals surface area contributed by atoms with E-state index in [4.69, 9.17) is 0 Å². The van der Waals surface area contributed by atoms with Crippen LogP contribution in [0.4, 0.5) is 0 Å². The zero-order valence-corrected chi connectivity index (χ0v) is 9.16. The van der Waals surface area contributed by atoms with Crippen LogP contribution < -0.4 is 0 Å². The first-order valence-electron chi connectivity index (χ1n) is 5.68. The van der Waals surface area contributed by atoms with Crippen LogP contribution in [0.2, 0.25) is 0 Å². The van der Waals surface area contributed by atoms with Crippen molar-refractivity contribution in [1.82, 2.24) is 9.80 Å². The smallest absolute Gasteiger partial charge is 0.0238 e. The van der Waals surface area contributed by atoms with Crippen LogP contribution in [0, 0.1) is 0 Å². The molecule has 0 spiro atoms. The number of hydrogen-bond donors (Lipinski definition) is 0. The van der Waals surface area contributed by atoms with Gasteiger partial charge in [-0.3, -0.25) is 9.80 Å². The highest BCUT2D eigenvalue weighted by molar-refractivity contribution is 4.92.